The van der Waals surface area contributed by atoms with Gasteiger partial charge in [-0.2, -0.15) is 0 Å². The smallest absolute Gasteiger partial charge is 0.306 e. The van der Waals surface area contributed by atoms with E-state index in [0.717, 1.165) is 18.4 Å². The molecule has 0 saturated heterocycles. The summed E-state index contributed by atoms with van der Waals surface area (Å²) < 4.78 is 7.52. The average Bonchev–Trinajstić information content (AvgIpc) is 2.98. The van der Waals surface area contributed by atoms with Crippen LogP contribution in [-0.4, -0.2) is 15.5 Å². The van der Waals surface area contributed by atoms with Crippen LogP contribution in [0.25, 0.3) is 0 Å². The lowest BCUT2D eigenvalue weighted by Gasteiger charge is -2.19. The monoisotopic (exact) mass is 342 g/mol. The van der Waals surface area contributed by atoms with Crippen molar-refractivity contribution < 1.29 is 9.53 Å². The standard InChI is InChI=1S/C16H19ClN2O2.ClH/c1-2-3-4-16(20)21-15(11-19-10-9-18-12-19)13-5-7-14(17)8-6-13;/h5-10,12,15H,2-4,11H2,1H3;1H. The first-order chi connectivity index (χ1) is 10.2. The molecule has 0 aliphatic rings. The van der Waals surface area contributed by atoms with Gasteiger partial charge >= 0.3 is 5.97 Å². The summed E-state index contributed by atoms with van der Waals surface area (Å²) in [6, 6.07) is 7.38. The zero-order chi connectivity index (χ0) is 15.1. The number of nitrogens with zero attached hydrogens (tertiary/aromatic N) is 2. The minimum Gasteiger partial charge on any atom is -0.456 e. The minimum atomic E-state index is -0.333. The van der Waals surface area contributed by atoms with Crippen molar-refractivity contribution in [3.05, 3.63) is 53.6 Å². The normalized spacial score (nSPS) is 11.5. The predicted octanol–water partition coefficient (Wildman–Crippen LogP) is 4.43. The van der Waals surface area contributed by atoms with Crippen LogP contribution in [-0.2, 0) is 16.1 Å². The zero-order valence-corrected chi connectivity index (χ0v) is 14.0. The quantitative estimate of drug-likeness (QED) is 0.699. The first-order valence-electron chi connectivity index (χ1n) is 7.09. The number of benzene rings is 1. The van der Waals surface area contributed by atoms with Gasteiger partial charge < -0.3 is 9.30 Å². The Morgan fingerprint density at radius 3 is 2.68 bits per heavy atom. The fourth-order valence-corrected chi connectivity index (χ4v) is 2.14. The maximum atomic E-state index is 11.9. The minimum absolute atomic E-state index is 0. The van der Waals surface area contributed by atoms with Gasteiger partial charge in [0.2, 0.25) is 0 Å². The molecule has 2 rings (SSSR count). The Labute approximate surface area is 141 Å². The molecule has 0 aliphatic carbocycles. The van der Waals surface area contributed by atoms with E-state index in [0.29, 0.717) is 18.0 Å². The van der Waals surface area contributed by atoms with Crippen molar-refractivity contribution in [1.29, 1.82) is 0 Å². The Hall–Kier alpha value is -1.52. The highest BCUT2D eigenvalue weighted by Crippen LogP contribution is 2.22. The van der Waals surface area contributed by atoms with E-state index >= 15 is 0 Å². The third kappa shape index (κ3) is 5.70. The lowest BCUT2D eigenvalue weighted by Crippen LogP contribution is -2.16. The van der Waals surface area contributed by atoms with E-state index in [4.69, 9.17) is 16.3 Å². The Morgan fingerprint density at radius 1 is 1.36 bits per heavy atom. The molecule has 22 heavy (non-hydrogen) atoms. The van der Waals surface area contributed by atoms with Gasteiger partial charge in [0.05, 0.1) is 12.9 Å². The van der Waals surface area contributed by atoms with Crippen LogP contribution in [0.1, 0.15) is 37.9 Å². The van der Waals surface area contributed by atoms with Gasteiger partial charge in [0, 0.05) is 23.8 Å². The number of hydrogen-bond acceptors (Lipinski definition) is 3. The predicted molar refractivity (Wildman–Crippen MR) is 89.3 cm³/mol. The largest absolute Gasteiger partial charge is 0.456 e. The Kier molecular flexibility index (Phi) is 7.99. The summed E-state index contributed by atoms with van der Waals surface area (Å²) in [4.78, 5) is 15.9. The van der Waals surface area contributed by atoms with Gasteiger partial charge in [-0.05, 0) is 24.1 Å². The number of halogens is 2. The number of carbonyl (C=O) groups excluding carboxylic acids is 1. The number of imidazole rings is 1. The highest BCUT2D eigenvalue weighted by Gasteiger charge is 2.17. The van der Waals surface area contributed by atoms with E-state index in [1.165, 1.54) is 0 Å². The highest BCUT2D eigenvalue weighted by molar-refractivity contribution is 6.30. The van der Waals surface area contributed by atoms with E-state index in [-0.39, 0.29) is 24.5 Å². The summed E-state index contributed by atoms with van der Waals surface area (Å²) in [5.41, 5.74) is 0.929. The van der Waals surface area contributed by atoms with Crippen molar-refractivity contribution in [3.8, 4) is 0 Å². The third-order valence-corrected chi connectivity index (χ3v) is 3.44. The number of hydrogen-bond donors (Lipinski definition) is 0. The summed E-state index contributed by atoms with van der Waals surface area (Å²) >= 11 is 5.91. The van der Waals surface area contributed by atoms with Crippen LogP contribution in [0.2, 0.25) is 5.02 Å². The number of unbranched alkanes of at least 4 members (excludes halogenated alkanes) is 1. The molecule has 0 bridgehead atoms. The molecule has 0 N–H and O–H groups in total. The molecule has 1 heterocycles. The van der Waals surface area contributed by atoms with Crippen LogP contribution in [0, 0.1) is 0 Å². The molecule has 2 aromatic rings. The summed E-state index contributed by atoms with van der Waals surface area (Å²) in [6.45, 7) is 2.59. The second kappa shape index (κ2) is 9.49. The molecule has 0 saturated carbocycles. The molecule has 0 radical (unpaired) electrons. The van der Waals surface area contributed by atoms with Crippen LogP contribution in [0.15, 0.2) is 43.0 Å². The molecule has 0 aliphatic heterocycles. The van der Waals surface area contributed by atoms with Gasteiger partial charge in [0.15, 0.2) is 0 Å². The lowest BCUT2D eigenvalue weighted by atomic mass is 10.1. The van der Waals surface area contributed by atoms with E-state index in [1.807, 2.05) is 22.9 Å². The fraction of sp³-hybridized carbons (Fsp3) is 0.375. The number of esters is 1. The molecule has 1 aromatic carbocycles. The maximum Gasteiger partial charge on any atom is 0.306 e. The summed E-state index contributed by atoms with van der Waals surface area (Å²) in [7, 11) is 0. The highest BCUT2D eigenvalue weighted by atomic mass is 35.5. The van der Waals surface area contributed by atoms with Gasteiger partial charge in [-0.15, -0.1) is 12.4 Å². The van der Waals surface area contributed by atoms with Crippen molar-refractivity contribution in [3.63, 3.8) is 0 Å². The van der Waals surface area contributed by atoms with Crippen molar-refractivity contribution in [1.82, 2.24) is 9.55 Å². The van der Waals surface area contributed by atoms with Gasteiger partial charge in [-0.25, -0.2) is 4.98 Å². The van der Waals surface area contributed by atoms with Gasteiger partial charge in [-0.1, -0.05) is 37.1 Å². The lowest BCUT2D eigenvalue weighted by molar-refractivity contribution is -0.150. The SMILES string of the molecule is CCCCC(=O)OC(Cn1ccnc1)c1ccc(Cl)cc1.Cl. The summed E-state index contributed by atoms with van der Waals surface area (Å²) in [6.07, 6.45) is 7.20. The van der Waals surface area contributed by atoms with Gasteiger partial charge in [-0.3, -0.25) is 4.79 Å². The van der Waals surface area contributed by atoms with Gasteiger partial charge in [0.1, 0.15) is 6.10 Å². The Balaban J connectivity index is 0.00000242. The van der Waals surface area contributed by atoms with Crippen LogP contribution in [0.5, 0.6) is 0 Å². The first-order valence-corrected chi connectivity index (χ1v) is 7.47. The maximum absolute atomic E-state index is 11.9. The fourth-order valence-electron chi connectivity index (χ4n) is 2.01. The average molecular weight is 343 g/mol. The second-order valence-electron chi connectivity index (χ2n) is 4.89. The molecular weight excluding hydrogens is 323 g/mol. The topological polar surface area (TPSA) is 44.1 Å². The Bertz CT molecular complexity index is 556. The summed E-state index contributed by atoms with van der Waals surface area (Å²) in [5.74, 6) is -0.170. The van der Waals surface area contributed by atoms with E-state index in [2.05, 4.69) is 11.9 Å². The molecule has 0 fully saturated rings. The Morgan fingerprint density at radius 2 is 2.09 bits per heavy atom. The number of rotatable bonds is 7. The second-order valence-corrected chi connectivity index (χ2v) is 5.33. The molecule has 1 unspecified atom stereocenters. The van der Waals surface area contributed by atoms with Crippen LogP contribution in [0.3, 0.4) is 0 Å². The molecular formula is C16H20Cl2N2O2. The van der Waals surface area contributed by atoms with Crippen LogP contribution >= 0.6 is 24.0 Å². The van der Waals surface area contributed by atoms with Crippen molar-refractivity contribution in [2.24, 2.45) is 0 Å². The van der Waals surface area contributed by atoms with Crippen LogP contribution < -0.4 is 0 Å². The van der Waals surface area contributed by atoms with E-state index < -0.39 is 0 Å². The van der Waals surface area contributed by atoms with E-state index in [9.17, 15) is 4.79 Å². The molecule has 0 amide bonds. The number of aromatic nitrogens is 2. The first kappa shape index (κ1) is 18.5. The van der Waals surface area contributed by atoms with Crippen molar-refractivity contribution >= 4 is 30.0 Å². The number of carbonyl (C=O) groups is 1. The van der Waals surface area contributed by atoms with Crippen molar-refractivity contribution in [2.75, 3.05) is 0 Å². The molecule has 1 atom stereocenters. The third-order valence-electron chi connectivity index (χ3n) is 3.19. The van der Waals surface area contributed by atoms with E-state index in [1.54, 1.807) is 24.7 Å². The number of ether oxygens (including phenoxy) is 1. The zero-order valence-electron chi connectivity index (χ0n) is 12.4. The van der Waals surface area contributed by atoms with Gasteiger partial charge in [0.25, 0.3) is 0 Å². The van der Waals surface area contributed by atoms with Crippen molar-refractivity contribution in [2.45, 2.75) is 38.8 Å². The summed E-state index contributed by atoms with van der Waals surface area (Å²) in [5, 5.41) is 0.664. The molecule has 120 valence electrons. The van der Waals surface area contributed by atoms with Crippen LogP contribution in [0.4, 0.5) is 0 Å². The molecule has 4 nitrogen and oxygen atoms in total. The molecule has 6 heteroatoms. The molecule has 1 aromatic heterocycles. The molecule has 0 spiro atoms.